The molecular weight excluding hydrogens is 270 g/mol. The van der Waals surface area contributed by atoms with E-state index in [9.17, 15) is 9.59 Å². The molecule has 0 bridgehead atoms. The minimum absolute atomic E-state index is 0.147. The van der Waals surface area contributed by atoms with Gasteiger partial charge in [0.1, 0.15) is 6.04 Å². The maximum Gasteiger partial charge on any atom is 0.242 e. The molecule has 0 aliphatic carbocycles. The monoisotopic (exact) mass is 291 g/mol. The van der Waals surface area contributed by atoms with Crippen LogP contribution >= 0.6 is 0 Å². The number of ether oxygens (including phenoxy) is 1. The zero-order valence-corrected chi connectivity index (χ0v) is 12.1. The predicted molar refractivity (Wildman–Crippen MR) is 78.0 cm³/mol. The second kappa shape index (κ2) is 6.69. The van der Waals surface area contributed by atoms with E-state index in [0.29, 0.717) is 13.2 Å². The molecular formula is C15H21N3O3. The summed E-state index contributed by atoms with van der Waals surface area (Å²) in [7, 11) is 0. The molecule has 114 valence electrons. The van der Waals surface area contributed by atoms with E-state index in [2.05, 4.69) is 0 Å². The third-order valence-electron chi connectivity index (χ3n) is 3.85. The molecule has 1 heterocycles. The number of carbonyl (C=O) groups is 2. The molecule has 1 fully saturated rings. The molecule has 2 amide bonds. The molecule has 2 rings (SSSR count). The first-order chi connectivity index (χ1) is 10.0. The van der Waals surface area contributed by atoms with Crippen molar-refractivity contribution in [1.29, 1.82) is 0 Å². The van der Waals surface area contributed by atoms with Crippen LogP contribution in [0, 0.1) is 5.92 Å². The molecule has 1 aromatic carbocycles. The van der Waals surface area contributed by atoms with Gasteiger partial charge in [0.2, 0.25) is 11.8 Å². The Balaban J connectivity index is 2.12. The van der Waals surface area contributed by atoms with Gasteiger partial charge >= 0.3 is 0 Å². The molecule has 6 heteroatoms. The van der Waals surface area contributed by atoms with Gasteiger partial charge in [-0.25, -0.2) is 0 Å². The number of carbonyl (C=O) groups excluding carboxylic acids is 2. The summed E-state index contributed by atoms with van der Waals surface area (Å²) in [4.78, 5) is 25.5. The normalized spacial score (nSPS) is 21.6. The highest BCUT2D eigenvalue weighted by Gasteiger charge is 2.35. The number of primary amides is 1. The summed E-state index contributed by atoms with van der Waals surface area (Å²) < 4.78 is 5.22. The third-order valence-corrected chi connectivity index (χ3v) is 3.85. The molecule has 3 unspecified atom stereocenters. The quantitative estimate of drug-likeness (QED) is 0.818. The van der Waals surface area contributed by atoms with Gasteiger partial charge < -0.3 is 21.1 Å². The summed E-state index contributed by atoms with van der Waals surface area (Å²) in [6.45, 7) is 2.68. The first kappa shape index (κ1) is 15.5. The highest BCUT2D eigenvalue weighted by Crippen LogP contribution is 2.22. The lowest BCUT2D eigenvalue weighted by atomic mass is 9.93. The van der Waals surface area contributed by atoms with E-state index in [1.807, 2.05) is 30.3 Å². The van der Waals surface area contributed by atoms with E-state index >= 15 is 0 Å². The Morgan fingerprint density at radius 3 is 2.62 bits per heavy atom. The Kier molecular flexibility index (Phi) is 4.93. The number of rotatable bonds is 4. The van der Waals surface area contributed by atoms with Gasteiger partial charge in [-0.2, -0.15) is 0 Å². The van der Waals surface area contributed by atoms with Crippen molar-refractivity contribution in [3.8, 4) is 0 Å². The topological polar surface area (TPSA) is 98.6 Å². The van der Waals surface area contributed by atoms with Crippen LogP contribution in [0.1, 0.15) is 18.5 Å². The van der Waals surface area contributed by atoms with Crippen LogP contribution in [-0.2, 0) is 14.3 Å². The number of hydrogen-bond acceptors (Lipinski definition) is 4. The van der Waals surface area contributed by atoms with Gasteiger partial charge in [-0.3, -0.25) is 9.59 Å². The van der Waals surface area contributed by atoms with E-state index in [-0.39, 0.29) is 12.5 Å². The average molecular weight is 291 g/mol. The van der Waals surface area contributed by atoms with Crippen molar-refractivity contribution in [1.82, 2.24) is 4.90 Å². The minimum Gasteiger partial charge on any atom is -0.377 e. The number of benzene rings is 1. The van der Waals surface area contributed by atoms with Crippen LogP contribution < -0.4 is 11.5 Å². The first-order valence-electron chi connectivity index (χ1n) is 7.00. The van der Waals surface area contributed by atoms with Crippen LogP contribution in [0.3, 0.4) is 0 Å². The molecule has 1 aromatic rings. The van der Waals surface area contributed by atoms with Crippen LogP contribution in [0.4, 0.5) is 0 Å². The Hall–Kier alpha value is -1.92. The Morgan fingerprint density at radius 1 is 1.33 bits per heavy atom. The highest BCUT2D eigenvalue weighted by atomic mass is 16.5. The van der Waals surface area contributed by atoms with Gasteiger partial charge in [-0.1, -0.05) is 37.3 Å². The van der Waals surface area contributed by atoms with Crippen molar-refractivity contribution in [2.45, 2.75) is 19.0 Å². The zero-order chi connectivity index (χ0) is 15.4. The van der Waals surface area contributed by atoms with Crippen molar-refractivity contribution in [3.63, 3.8) is 0 Å². The van der Waals surface area contributed by atoms with E-state index in [0.717, 1.165) is 5.56 Å². The zero-order valence-electron chi connectivity index (χ0n) is 12.1. The van der Waals surface area contributed by atoms with Crippen molar-refractivity contribution in [2.24, 2.45) is 17.4 Å². The van der Waals surface area contributed by atoms with Gasteiger partial charge in [0, 0.05) is 12.6 Å². The van der Waals surface area contributed by atoms with Crippen LogP contribution in [0.25, 0.3) is 0 Å². The molecule has 0 radical (unpaired) electrons. The standard InChI is InChI=1S/C15H21N3O3/c1-10(13(16)11-5-3-2-4-6-11)15(20)18-7-8-21-9-12(18)14(17)19/h2-6,10,12-13H,7-9,16H2,1H3,(H2,17,19). The molecule has 1 aliphatic rings. The largest absolute Gasteiger partial charge is 0.377 e. The van der Waals surface area contributed by atoms with Gasteiger partial charge in [0.25, 0.3) is 0 Å². The molecule has 3 atom stereocenters. The van der Waals surface area contributed by atoms with Gasteiger partial charge in [0.05, 0.1) is 19.1 Å². The second-order valence-electron chi connectivity index (χ2n) is 5.25. The Labute approximate surface area is 124 Å². The molecule has 0 aromatic heterocycles. The van der Waals surface area contributed by atoms with E-state index < -0.39 is 23.9 Å². The van der Waals surface area contributed by atoms with Crippen molar-refractivity contribution >= 4 is 11.8 Å². The molecule has 6 nitrogen and oxygen atoms in total. The van der Waals surface area contributed by atoms with Gasteiger partial charge in [0.15, 0.2) is 0 Å². The second-order valence-corrected chi connectivity index (χ2v) is 5.25. The van der Waals surface area contributed by atoms with Crippen LogP contribution in [0.15, 0.2) is 30.3 Å². The van der Waals surface area contributed by atoms with Crippen molar-refractivity contribution in [2.75, 3.05) is 19.8 Å². The van der Waals surface area contributed by atoms with E-state index in [4.69, 9.17) is 16.2 Å². The Morgan fingerprint density at radius 2 is 2.00 bits per heavy atom. The van der Waals surface area contributed by atoms with Crippen LogP contribution in [0.2, 0.25) is 0 Å². The van der Waals surface area contributed by atoms with E-state index in [1.165, 1.54) is 4.90 Å². The smallest absolute Gasteiger partial charge is 0.242 e. The summed E-state index contributed by atoms with van der Waals surface area (Å²) in [5.41, 5.74) is 12.4. The Bertz CT molecular complexity index is 506. The summed E-state index contributed by atoms with van der Waals surface area (Å²) in [6.07, 6.45) is 0. The minimum atomic E-state index is -0.711. The number of hydrogen-bond donors (Lipinski definition) is 2. The van der Waals surface area contributed by atoms with Crippen molar-refractivity contribution in [3.05, 3.63) is 35.9 Å². The SMILES string of the molecule is CC(C(=O)N1CCOCC1C(N)=O)C(N)c1ccccc1. The van der Waals surface area contributed by atoms with Crippen LogP contribution in [-0.4, -0.2) is 42.5 Å². The maximum absolute atomic E-state index is 12.6. The fraction of sp³-hybridized carbons (Fsp3) is 0.467. The van der Waals surface area contributed by atoms with Gasteiger partial charge in [-0.15, -0.1) is 0 Å². The lowest BCUT2D eigenvalue weighted by Crippen LogP contribution is -2.56. The number of morpholine rings is 1. The fourth-order valence-electron chi connectivity index (χ4n) is 2.48. The maximum atomic E-state index is 12.6. The lowest BCUT2D eigenvalue weighted by Gasteiger charge is -2.36. The lowest BCUT2D eigenvalue weighted by molar-refractivity contribution is -0.150. The molecule has 0 saturated carbocycles. The number of nitrogens with two attached hydrogens (primary N) is 2. The van der Waals surface area contributed by atoms with E-state index in [1.54, 1.807) is 6.92 Å². The summed E-state index contributed by atoms with van der Waals surface area (Å²) in [5.74, 6) is -1.16. The molecule has 1 saturated heterocycles. The first-order valence-corrected chi connectivity index (χ1v) is 7.00. The molecule has 21 heavy (non-hydrogen) atoms. The molecule has 0 spiro atoms. The van der Waals surface area contributed by atoms with Gasteiger partial charge in [-0.05, 0) is 5.56 Å². The number of nitrogens with zero attached hydrogens (tertiary/aromatic N) is 1. The molecule has 1 aliphatic heterocycles. The summed E-state index contributed by atoms with van der Waals surface area (Å²) in [5, 5.41) is 0. The average Bonchev–Trinajstić information content (AvgIpc) is 2.53. The molecule has 4 N–H and O–H groups in total. The summed E-state index contributed by atoms with van der Waals surface area (Å²) >= 11 is 0. The summed E-state index contributed by atoms with van der Waals surface area (Å²) in [6, 6.07) is 8.30. The number of amides is 2. The highest BCUT2D eigenvalue weighted by molar-refractivity contribution is 5.88. The van der Waals surface area contributed by atoms with Crippen LogP contribution in [0.5, 0.6) is 0 Å². The third kappa shape index (κ3) is 3.40. The predicted octanol–water partition coefficient (Wildman–Crippen LogP) is 0.0352. The fourth-order valence-corrected chi connectivity index (χ4v) is 2.48. The van der Waals surface area contributed by atoms with Crippen molar-refractivity contribution < 1.29 is 14.3 Å².